The largest absolute Gasteiger partial charge is 0.340 e. The van der Waals surface area contributed by atoms with Crippen LogP contribution >= 0.6 is 0 Å². The van der Waals surface area contributed by atoms with Gasteiger partial charge in [0.1, 0.15) is 11.1 Å². The van der Waals surface area contributed by atoms with E-state index < -0.39 is 11.1 Å². The third-order valence-electron chi connectivity index (χ3n) is 5.03. The summed E-state index contributed by atoms with van der Waals surface area (Å²) in [5.74, 6) is 0.133. The topological polar surface area (TPSA) is 49.4 Å². The predicted octanol–water partition coefficient (Wildman–Crippen LogP) is 2.86. The Morgan fingerprint density at radius 1 is 1.10 bits per heavy atom. The van der Waals surface area contributed by atoms with Gasteiger partial charge < -0.3 is 10.2 Å². The molecule has 21 heavy (non-hydrogen) atoms. The molecular formula is C17H30N2O2. The number of carbonyl (C=O) groups is 2. The average molecular weight is 294 g/mol. The zero-order chi connectivity index (χ0) is 15.9. The van der Waals surface area contributed by atoms with E-state index in [0.717, 1.165) is 38.5 Å². The molecule has 1 heterocycles. The van der Waals surface area contributed by atoms with Crippen molar-refractivity contribution >= 4 is 11.8 Å². The third kappa shape index (κ3) is 3.09. The summed E-state index contributed by atoms with van der Waals surface area (Å²) in [5, 5.41) is 3.07. The lowest BCUT2D eigenvalue weighted by molar-refractivity contribution is -0.163. The lowest BCUT2D eigenvalue weighted by atomic mass is 9.76. The van der Waals surface area contributed by atoms with E-state index in [1.54, 1.807) is 0 Å². The summed E-state index contributed by atoms with van der Waals surface area (Å²) in [5.41, 5.74) is -1.21. The number of hydrogen-bond acceptors (Lipinski definition) is 2. The van der Waals surface area contributed by atoms with Crippen LogP contribution in [0, 0.1) is 5.41 Å². The van der Waals surface area contributed by atoms with Gasteiger partial charge in [0, 0.05) is 6.54 Å². The number of hydrogen-bond donors (Lipinski definition) is 1. The van der Waals surface area contributed by atoms with Gasteiger partial charge in [0.2, 0.25) is 11.8 Å². The van der Waals surface area contributed by atoms with E-state index >= 15 is 0 Å². The molecule has 120 valence electrons. The van der Waals surface area contributed by atoms with Crippen molar-refractivity contribution in [2.75, 3.05) is 6.54 Å². The van der Waals surface area contributed by atoms with Crippen LogP contribution in [0.4, 0.5) is 0 Å². The Kier molecular flexibility index (Phi) is 4.11. The second-order valence-corrected chi connectivity index (χ2v) is 8.42. The number of piperazine rings is 1. The van der Waals surface area contributed by atoms with Crippen molar-refractivity contribution in [2.45, 2.75) is 84.2 Å². The molecule has 0 aromatic heterocycles. The summed E-state index contributed by atoms with van der Waals surface area (Å²) < 4.78 is 0. The average Bonchev–Trinajstić information content (AvgIpc) is 2.36. The van der Waals surface area contributed by atoms with Crippen LogP contribution in [0.5, 0.6) is 0 Å². The van der Waals surface area contributed by atoms with E-state index in [-0.39, 0.29) is 17.2 Å². The zero-order valence-electron chi connectivity index (χ0n) is 14.2. The SMILES string of the molecule is CC(C)(C)CCN1C(=O)C2(CCCCC2)NC(=O)C1(C)C. The lowest BCUT2D eigenvalue weighted by Gasteiger charge is -2.51. The van der Waals surface area contributed by atoms with Crippen LogP contribution in [0.1, 0.15) is 73.1 Å². The van der Waals surface area contributed by atoms with Crippen LogP contribution < -0.4 is 5.32 Å². The van der Waals surface area contributed by atoms with Gasteiger partial charge in [-0.1, -0.05) is 40.0 Å². The van der Waals surface area contributed by atoms with Gasteiger partial charge in [-0.25, -0.2) is 0 Å². The van der Waals surface area contributed by atoms with Crippen molar-refractivity contribution in [1.82, 2.24) is 10.2 Å². The first-order chi connectivity index (χ1) is 9.58. The molecule has 2 fully saturated rings. The molecule has 0 atom stereocenters. The van der Waals surface area contributed by atoms with E-state index in [9.17, 15) is 9.59 Å². The summed E-state index contributed by atoms with van der Waals surface area (Å²) >= 11 is 0. The molecule has 0 unspecified atom stereocenters. The molecule has 2 aliphatic rings. The highest BCUT2D eigenvalue weighted by Gasteiger charge is 2.54. The molecule has 1 aliphatic carbocycles. The highest BCUT2D eigenvalue weighted by Crippen LogP contribution is 2.36. The van der Waals surface area contributed by atoms with Gasteiger partial charge in [-0.15, -0.1) is 0 Å². The first kappa shape index (κ1) is 16.3. The van der Waals surface area contributed by atoms with Crippen LogP contribution in [0.25, 0.3) is 0 Å². The Bertz CT molecular complexity index is 429. The van der Waals surface area contributed by atoms with Crippen molar-refractivity contribution in [3.8, 4) is 0 Å². The van der Waals surface area contributed by atoms with Crippen molar-refractivity contribution in [1.29, 1.82) is 0 Å². The maximum Gasteiger partial charge on any atom is 0.249 e. The summed E-state index contributed by atoms with van der Waals surface area (Å²) in [6, 6.07) is 0. The molecule has 2 rings (SSSR count). The van der Waals surface area contributed by atoms with Gasteiger partial charge in [0.25, 0.3) is 0 Å². The number of rotatable bonds is 2. The van der Waals surface area contributed by atoms with Crippen molar-refractivity contribution < 1.29 is 9.59 Å². The molecule has 1 N–H and O–H groups in total. The fourth-order valence-corrected chi connectivity index (χ4v) is 3.38. The molecule has 1 spiro atoms. The maximum atomic E-state index is 13.1. The predicted molar refractivity (Wildman–Crippen MR) is 83.8 cm³/mol. The van der Waals surface area contributed by atoms with Crippen molar-refractivity contribution in [3.05, 3.63) is 0 Å². The van der Waals surface area contributed by atoms with Crippen LogP contribution in [0.15, 0.2) is 0 Å². The Morgan fingerprint density at radius 2 is 1.67 bits per heavy atom. The second kappa shape index (κ2) is 5.29. The first-order valence-electron chi connectivity index (χ1n) is 8.23. The second-order valence-electron chi connectivity index (χ2n) is 8.42. The van der Waals surface area contributed by atoms with Gasteiger partial charge >= 0.3 is 0 Å². The van der Waals surface area contributed by atoms with Gasteiger partial charge in [0.05, 0.1) is 0 Å². The molecule has 4 heteroatoms. The minimum absolute atomic E-state index is 0.00194. The quantitative estimate of drug-likeness (QED) is 0.851. The van der Waals surface area contributed by atoms with Gasteiger partial charge in [0.15, 0.2) is 0 Å². The molecule has 0 aromatic rings. The summed E-state index contributed by atoms with van der Waals surface area (Å²) in [6.45, 7) is 10.9. The Hall–Kier alpha value is -1.06. The molecule has 0 aromatic carbocycles. The number of nitrogens with zero attached hydrogens (tertiary/aromatic N) is 1. The van der Waals surface area contributed by atoms with E-state index in [2.05, 4.69) is 26.1 Å². The fraction of sp³-hybridized carbons (Fsp3) is 0.882. The molecule has 1 saturated heterocycles. The highest BCUT2D eigenvalue weighted by molar-refractivity contribution is 6.01. The van der Waals surface area contributed by atoms with E-state index in [0.29, 0.717) is 6.54 Å². The van der Waals surface area contributed by atoms with Crippen LogP contribution in [0.2, 0.25) is 0 Å². The lowest BCUT2D eigenvalue weighted by Crippen LogP contribution is -2.74. The van der Waals surface area contributed by atoms with Crippen LogP contribution in [0.3, 0.4) is 0 Å². The van der Waals surface area contributed by atoms with E-state index in [1.807, 2.05) is 18.7 Å². The Labute approximate surface area is 128 Å². The molecule has 2 amide bonds. The number of carbonyl (C=O) groups excluding carboxylic acids is 2. The summed E-state index contributed by atoms with van der Waals surface area (Å²) in [6.07, 6.45) is 5.71. The molecular weight excluding hydrogens is 264 g/mol. The summed E-state index contributed by atoms with van der Waals surface area (Å²) in [4.78, 5) is 27.5. The molecule has 4 nitrogen and oxygen atoms in total. The molecule has 0 bridgehead atoms. The van der Waals surface area contributed by atoms with E-state index in [1.165, 1.54) is 0 Å². The highest BCUT2D eigenvalue weighted by atomic mass is 16.2. The van der Waals surface area contributed by atoms with Gasteiger partial charge in [-0.3, -0.25) is 9.59 Å². The molecule has 0 radical (unpaired) electrons. The smallest absolute Gasteiger partial charge is 0.249 e. The van der Waals surface area contributed by atoms with E-state index in [4.69, 9.17) is 0 Å². The Balaban J connectivity index is 2.25. The maximum absolute atomic E-state index is 13.1. The standard InChI is InChI=1S/C17H30N2O2/c1-15(2,3)11-12-19-14(21)17(9-7-6-8-10-17)18-13(20)16(19,4)5/h6-12H2,1-5H3,(H,18,20). The van der Waals surface area contributed by atoms with Gasteiger partial charge in [-0.05, 0) is 38.5 Å². The zero-order valence-corrected chi connectivity index (χ0v) is 14.2. The minimum Gasteiger partial charge on any atom is -0.340 e. The van der Waals surface area contributed by atoms with Crippen LogP contribution in [-0.4, -0.2) is 34.3 Å². The monoisotopic (exact) mass is 294 g/mol. The number of nitrogens with one attached hydrogen (secondary N) is 1. The van der Waals surface area contributed by atoms with Crippen molar-refractivity contribution in [2.24, 2.45) is 5.41 Å². The normalized spacial score (nSPS) is 25.1. The minimum atomic E-state index is -0.745. The molecule has 1 saturated carbocycles. The first-order valence-corrected chi connectivity index (χ1v) is 8.23. The molecule has 1 aliphatic heterocycles. The fourth-order valence-electron chi connectivity index (χ4n) is 3.38. The van der Waals surface area contributed by atoms with Crippen molar-refractivity contribution in [3.63, 3.8) is 0 Å². The summed E-state index contributed by atoms with van der Waals surface area (Å²) in [7, 11) is 0. The third-order valence-corrected chi connectivity index (χ3v) is 5.03. The van der Waals surface area contributed by atoms with Crippen LogP contribution in [-0.2, 0) is 9.59 Å². The Morgan fingerprint density at radius 3 is 2.19 bits per heavy atom. The van der Waals surface area contributed by atoms with Gasteiger partial charge in [-0.2, -0.15) is 0 Å². The number of amides is 2.